The molecule has 0 bridgehead atoms. The lowest BCUT2D eigenvalue weighted by Gasteiger charge is -2.14. The molecule has 0 aliphatic heterocycles. The van der Waals surface area contributed by atoms with Gasteiger partial charge >= 0.3 is 5.97 Å². The van der Waals surface area contributed by atoms with Crippen LogP contribution in [0.15, 0.2) is 60.9 Å². The van der Waals surface area contributed by atoms with Crippen molar-refractivity contribution in [3.8, 4) is 28.3 Å². The highest BCUT2D eigenvalue weighted by atomic mass is 16.6. The molecule has 0 spiro atoms. The number of unbranched alkanes of at least 4 members (excludes halogenated alkanes) is 1. The van der Waals surface area contributed by atoms with Crippen LogP contribution in [0.1, 0.15) is 45.6 Å². The summed E-state index contributed by atoms with van der Waals surface area (Å²) >= 11 is 0. The summed E-state index contributed by atoms with van der Waals surface area (Å²) in [6.07, 6.45) is 7.31. The van der Waals surface area contributed by atoms with Crippen LogP contribution in [-0.2, 0) is 16.0 Å². The van der Waals surface area contributed by atoms with Crippen molar-refractivity contribution in [2.45, 2.75) is 52.6 Å². The number of ether oxygens (including phenoxy) is 2. The number of hydrogen-bond acceptors (Lipinski definition) is 5. The standard InChI is InChI=1S/C26H30N2O3/c1-4-6-7-20-8-10-22(11-9-20)25-27-17-23(18-28-25)21-12-14-24(15-13-21)31-19(3)26(29)30-16-5-2/h8-15,17-19H,4-7,16H2,1-3H3. The number of aromatic nitrogens is 2. The van der Waals surface area contributed by atoms with Crippen molar-refractivity contribution in [2.75, 3.05) is 6.61 Å². The van der Waals surface area contributed by atoms with E-state index in [0.29, 0.717) is 18.2 Å². The summed E-state index contributed by atoms with van der Waals surface area (Å²) < 4.78 is 10.8. The Balaban J connectivity index is 1.62. The second kappa shape index (κ2) is 11.3. The Morgan fingerprint density at radius 3 is 2.13 bits per heavy atom. The second-order valence-corrected chi connectivity index (χ2v) is 7.55. The molecule has 0 fully saturated rings. The fraction of sp³-hybridized carbons (Fsp3) is 0.346. The second-order valence-electron chi connectivity index (χ2n) is 7.55. The van der Waals surface area contributed by atoms with Crippen LogP contribution in [0.4, 0.5) is 0 Å². The van der Waals surface area contributed by atoms with E-state index in [1.54, 1.807) is 6.92 Å². The van der Waals surface area contributed by atoms with Gasteiger partial charge in [0.05, 0.1) is 6.61 Å². The molecule has 1 heterocycles. The molecule has 0 saturated heterocycles. The molecule has 3 aromatic rings. The molecule has 162 valence electrons. The Labute approximate surface area is 184 Å². The van der Waals surface area contributed by atoms with Crippen LogP contribution >= 0.6 is 0 Å². The molecule has 3 rings (SSSR count). The van der Waals surface area contributed by atoms with Crippen molar-refractivity contribution in [1.82, 2.24) is 9.97 Å². The van der Waals surface area contributed by atoms with Crippen molar-refractivity contribution in [3.05, 3.63) is 66.5 Å². The van der Waals surface area contributed by atoms with Crippen LogP contribution in [0.25, 0.3) is 22.5 Å². The Hall–Kier alpha value is -3.21. The molecule has 1 atom stereocenters. The average Bonchev–Trinajstić information content (AvgIpc) is 2.82. The van der Waals surface area contributed by atoms with Gasteiger partial charge in [-0.1, -0.05) is 56.7 Å². The largest absolute Gasteiger partial charge is 0.479 e. The molecule has 2 aromatic carbocycles. The fourth-order valence-corrected chi connectivity index (χ4v) is 3.13. The van der Waals surface area contributed by atoms with E-state index in [2.05, 4.69) is 41.2 Å². The molecule has 0 radical (unpaired) electrons. The van der Waals surface area contributed by atoms with Crippen molar-refractivity contribution in [3.63, 3.8) is 0 Å². The lowest BCUT2D eigenvalue weighted by atomic mass is 10.1. The van der Waals surface area contributed by atoms with Crippen molar-refractivity contribution in [1.29, 1.82) is 0 Å². The lowest BCUT2D eigenvalue weighted by Crippen LogP contribution is -2.26. The van der Waals surface area contributed by atoms with Gasteiger partial charge in [0.2, 0.25) is 0 Å². The van der Waals surface area contributed by atoms with Crippen LogP contribution < -0.4 is 4.74 Å². The molecular weight excluding hydrogens is 388 g/mol. The molecule has 31 heavy (non-hydrogen) atoms. The number of carbonyl (C=O) groups excluding carboxylic acids is 1. The van der Waals surface area contributed by atoms with E-state index in [9.17, 15) is 4.79 Å². The van der Waals surface area contributed by atoms with Gasteiger partial charge in [-0.25, -0.2) is 14.8 Å². The maximum absolute atomic E-state index is 11.8. The first-order valence-corrected chi connectivity index (χ1v) is 11.0. The highest BCUT2D eigenvalue weighted by Crippen LogP contribution is 2.24. The van der Waals surface area contributed by atoms with Crippen LogP contribution in [-0.4, -0.2) is 28.6 Å². The van der Waals surface area contributed by atoms with Gasteiger partial charge in [0.25, 0.3) is 0 Å². The minimum Gasteiger partial charge on any atom is -0.479 e. The zero-order chi connectivity index (χ0) is 22.1. The van der Waals surface area contributed by atoms with E-state index in [1.807, 2.05) is 43.6 Å². The van der Waals surface area contributed by atoms with E-state index in [1.165, 1.54) is 18.4 Å². The maximum atomic E-state index is 11.8. The number of hydrogen-bond donors (Lipinski definition) is 0. The van der Waals surface area contributed by atoms with E-state index in [4.69, 9.17) is 9.47 Å². The Morgan fingerprint density at radius 2 is 1.52 bits per heavy atom. The van der Waals surface area contributed by atoms with Gasteiger partial charge < -0.3 is 9.47 Å². The van der Waals surface area contributed by atoms with E-state index in [-0.39, 0.29) is 5.97 Å². The molecule has 0 saturated carbocycles. The zero-order valence-electron chi connectivity index (χ0n) is 18.5. The maximum Gasteiger partial charge on any atom is 0.347 e. The summed E-state index contributed by atoms with van der Waals surface area (Å²) in [5.74, 6) is 0.976. The van der Waals surface area contributed by atoms with Crippen LogP contribution in [0.5, 0.6) is 5.75 Å². The Kier molecular flexibility index (Phi) is 8.16. The van der Waals surface area contributed by atoms with Crippen LogP contribution in [0, 0.1) is 0 Å². The first-order valence-electron chi connectivity index (χ1n) is 11.0. The molecule has 1 unspecified atom stereocenters. The molecule has 5 nitrogen and oxygen atoms in total. The molecule has 0 aliphatic rings. The summed E-state index contributed by atoms with van der Waals surface area (Å²) in [7, 11) is 0. The van der Waals surface area contributed by atoms with Gasteiger partial charge in [0.1, 0.15) is 5.75 Å². The van der Waals surface area contributed by atoms with Crippen LogP contribution in [0.3, 0.4) is 0 Å². The number of esters is 1. The third kappa shape index (κ3) is 6.38. The third-order valence-corrected chi connectivity index (χ3v) is 4.96. The quantitative estimate of drug-likeness (QED) is 0.385. The molecular formula is C26H30N2O3. The lowest BCUT2D eigenvalue weighted by molar-refractivity contribution is -0.151. The summed E-state index contributed by atoms with van der Waals surface area (Å²) in [5.41, 5.74) is 4.26. The predicted molar refractivity (Wildman–Crippen MR) is 123 cm³/mol. The molecule has 0 aliphatic carbocycles. The Bertz CT molecular complexity index is 951. The summed E-state index contributed by atoms with van der Waals surface area (Å²) in [4.78, 5) is 20.9. The smallest absolute Gasteiger partial charge is 0.347 e. The monoisotopic (exact) mass is 418 g/mol. The third-order valence-electron chi connectivity index (χ3n) is 4.96. The zero-order valence-corrected chi connectivity index (χ0v) is 18.5. The molecule has 0 amide bonds. The minimum absolute atomic E-state index is 0.353. The Morgan fingerprint density at radius 1 is 0.871 bits per heavy atom. The first-order chi connectivity index (χ1) is 15.1. The predicted octanol–water partition coefficient (Wildman–Crippen LogP) is 5.87. The topological polar surface area (TPSA) is 61.3 Å². The first kappa shape index (κ1) is 22.5. The van der Waals surface area contributed by atoms with E-state index in [0.717, 1.165) is 29.5 Å². The SMILES string of the molecule is CCCCc1ccc(-c2ncc(-c3ccc(OC(C)C(=O)OCCC)cc3)cn2)cc1. The molecule has 0 N–H and O–H groups in total. The number of aryl methyl sites for hydroxylation is 1. The van der Waals surface area contributed by atoms with Crippen LogP contribution in [0.2, 0.25) is 0 Å². The minimum atomic E-state index is -0.645. The van der Waals surface area contributed by atoms with Crippen molar-refractivity contribution in [2.24, 2.45) is 0 Å². The average molecular weight is 419 g/mol. The van der Waals surface area contributed by atoms with Gasteiger partial charge in [-0.2, -0.15) is 0 Å². The summed E-state index contributed by atoms with van der Waals surface area (Å²) in [6, 6.07) is 16.0. The van der Waals surface area contributed by atoms with Gasteiger partial charge in [0.15, 0.2) is 11.9 Å². The number of benzene rings is 2. The normalized spacial score (nSPS) is 11.7. The number of carbonyl (C=O) groups is 1. The number of nitrogens with zero attached hydrogens (tertiary/aromatic N) is 2. The van der Waals surface area contributed by atoms with E-state index >= 15 is 0 Å². The highest BCUT2D eigenvalue weighted by molar-refractivity contribution is 5.74. The van der Waals surface area contributed by atoms with Crippen molar-refractivity contribution < 1.29 is 14.3 Å². The summed E-state index contributed by atoms with van der Waals surface area (Å²) in [5, 5.41) is 0. The van der Waals surface area contributed by atoms with Gasteiger partial charge in [-0.3, -0.25) is 0 Å². The fourth-order valence-electron chi connectivity index (χ4n) is 3.13. The molecule has 5 heteroatoms. The summed E-state index contributed by atoms with van der Waals surface area (Å²) in [6.45, 7) is 6.26. The van der Waals surface area contributed by atoms with Gasteiger partial charge in [0, 0.05) is 23.5 Å². The van der Waals surface area contributed by atoms with Crippen molar-refractivity contribution >= 4 is 5.97 Å². The highest BCUT2D eigenvalue weighted by Gasteiger charge is 2.16. The number of rotatable bonds is 10. The van der Waals surface area contributed by atoms with Gasteiger partial charge in [-0.05, 0) is 49.4 Å². The van der Waals surface area contributed by atoms with E-state index < -0.39 is 6.10 Å². The molecule has 1 aromatic heterocycles. The van der Waals surface area contributed by atoms with Gasteiger partial charge in [-0.15, -0.1) is 0 Å².